The molecule has 1 aromatic carbocycles. The van der Waals surface area contributed by atoms with Crippen LogP contribution in [0.15, 0.2) is 35.8 Å². The van der Waals surface area contributed by atoms with E-state index in [4.69, 9.17) is 5.73 Å². The minimum atomic E-state index is 0. The Morgan fingerprint density at radius 2 is 1.82 bits per heavy atom. The molecule has 2 aromatic heterocycles. The van der Waals surface area contributed by atoms with E-state index < -0.39 is 0 Å². The predicted octanol–water partition coefficient (Wildman–Crippen LogP) is 2.88. The fourth-order valence-corrected chi connectivity index (χ4v) is 2.14. The van der Waals surface area contributed by atoms with Crippen molar-refractivity contribution in [2.24, 2.45) is 0 Å². The highest BCUT2D eigenvalue weighted by Crippen LogP contribution is 2.26. The van der Waals surface area contributed by atoms with E-state index in [2.05, 4.69) is 10.1 Å². The Kier molecular flexibility index (Phi) is 4.34. The average Bonchev–Trinajstić information content (AvgIpc) is 2.83. The number of nitrogens with two attached hydrogens (primary N) is 1. The molecule has 4 nitrogen and oxygen atoms in total. The van der Waals surface area contributed by atoms with Crippen molar-refractivity contribution in [2.45, 2.75) is 0 Å². The largest absolute Gasteiger partial charge is 0.382 e. The van der Waals surface area contributed by atoms with Crippen molar-refractivity contribution < 1.29 is 0 Å². The number of anilines is 1. The number of halogens is 2. The van der Waals surface area contributed by atoms with E-state index in [-0.39, 0.29) is 24.8 Å². The standard InChI is InChI=1S/C10H8N4S.2ClH/c11-9-8(7-4-2-1-3-5-7)13-10-14(9)12-6-15-10;;/h1-6H,11H2;2*1H. The minimum Gasteiger partial charge on any atom is -0.382 e. The molecule has 0 aliphatic rings. The van der Waals surface area contributed by atoms with Gasteiger partial charge in [0.1, 0.15) is 11.2 Å². The fourth-order valence-electron chi connectivity index (χ4n) is 1.52. The van der Waals surface area contributed by atoms with Gasteiger partial charge in [-0.25, -0.2) is 4.98 Å². The van der Waals surface area contributed by atoms with Crippen LogP contribution in [0.4, 0.5) is 5.82 Å². The maximum absolute atomic E-state index is 5.96. The molecule has 0 bridgehead atoms. The lowest BCUT2D eigenvalue weighted by Gasteiger charge is -1.96. The van der Waals surface area contributed by atoms with E-state index in [1.807, 2.05) is 30.3 Å². The van der Waals surface area contributed by atoms with Gasteiger partial charge < -0.3 is 5.73 Å². The molecule has 7 heteroatoms. The van der Waals surface area contributed by atoms with E-state index in [1.165, 1.54) is 11.3 Å². The zero-order valence-electron chi connectivity index (χ0n) is 8.61. The summed E-state index contributed by atoms with van der Waals surface area (Å²) >= 11 is 1.48. The van der Waals surface area contributed by atoms with Gasteiger partial charge in [0.15, 0.2) is 5.82 Å². The first-order chi connectivity index (χ1) is 7.36. The summed E-state index contributed by atoms with van der Waals surface area (Å²) in [4.78, 5) is 5.26. The van der Waals surface area contributed by atoms with Crippen LogP contribution in [-0.4, -0.2) is 14.6 Å². The highest BCUT2D eigenvalue weighted by Gasteiger charge is 2.12. The Bertz CT molecular complexity index is 605. The monoisotopic (exact) mass is 288 g/mol. The van der Waals surface area contributed by atoms with Crippen molar-refractivity contribution >= 4 is 46.9 Å². The lowest BCUT2D eigenvalue weighted by Crippen LogP contribution is -1.94. The van der Waals surface area contributed by atoms with Crippen LogP contribution in [0.1, 0.15) is 0 Å². The van der Waals surface area contributed by atoms with Crippen molar-refractivity contribution in [3.63, 3.8) is 0 Å². The van der Waals surface area contributed by atoms with Crippen LogP contribution in [0.2, 0.25) is 0 Å². The van der Waals surface area contributed by atoms with Crippen molar-refractivity contribution in [3.8, 4) is 11.3 Å². The zero-order valence-corrected chi connectivity index (χ0v) is 11.1. The molecule has 0 spiro atoms. The normalized spacial score (nSPS) is 9.65. The van der Waals surface area contributed by atoms with Crippen LogP contribution in [0.5, 0.6) is 0 Å². The van der Waals surface area contributed by atoms with Crippen molar-refractivity contribution in [1.29, 1.82) is 0 Å². The summed E-state index contributed by atoms with van der Waals surface area (Å²) in [6.45, 7) is 0. The molecule has 0 aliphatic heterocycles. The molecule has 0 fully saturated rings. The van der Waals surface area contributed by atoms with Crippen LogP contribution in [0, 0.1) is 0 Å². The second-order valence-electron chi connectivity index (χ2n) is 3.14. The molecule has 2 heterocycles. The van der Waals surface area contributed by atoms with Gasteiger partial charge in [0.25, 0.3) is 0 Å². The fraction of sp³-hybridized carbons (Fsp3) is 0. The third-order valence-electron chi connectivity index (χ3n) is 2.23. The van der Waals surface area contributed by atoms with E-state index in [0.29, 0.717) is 5.82 Å². The number of fused-ring (bicyclic) bond motifs is 1. The smallest absolute Gasteiger partial charge is 0.214 e. The second kappa shape index (κ2) is 5.35. The second-order valence-corrected chi connectivity index (χ2v) is 3.96. The topological polar surface area (TPSA) is 56.2 Å². The summed E-state index contributed by atoms with van der Waals surface area (Å²) in [5, 5.41) is 4.11. The number of aromatic nitrogens is 3. The van der Waals surface area contributed by atoms with Crippen LogP contribution in [-0.2, 0) is 0 Å². The van der Waals surface area contributed by atoms with E-state index in [0.717, 1.165) is 16.2 Å². The van der Waals surface area contributed by atoms with Gasteiger partial charge in [0.2, 0.25) is 4.96 Å². The van der Waals surface area contributed by atoms with Gasteiger partial charge in [0, 0.05) is 5.56 Å². The summed E-state index contributed by atoms with van der Waals surface area (Å²) in [6, 6.07) is 9.88. The number of benzene rings is 1. The lowest BCUT2D eigenvalue weighted by atomic mass is 10.1. The van der Waals surface area contributed by atoms with Gasteiger partial charge in [-0.3, -0.25) is 0 Å². The number of rotatable bonds is 1. The first kappa shape index (κ1) is 13.8. The quantitative estimate of drug-likeness (QED) is 0.749. The molecule has 0 aliphatic carbocycles. The summed E-state index contributed by atoms with van der Waals surface area (Å²) < 4.78 is 1.66. The van der Waals surface area contributed by atoms with Gasteiger partial charge in [0.05, 0.1) is 0 Å². The lowest BCUT2D eigenvalue weighted by molar-refractivity contribution is 0.985. The molecule has 0 saturated carbocycles. The van der Waals surface area contributed by atoms with Gasteiger partial charge in [-0.15, -0.1) is 24.8 Å². The van der Waals surface area contributed by atoms with Crippen LogP contribution >= 0.6 is 36.2 Å². The third-order valence-corrected chi connectivity index (χ3v) is 2.90. The Morgan fingerprint density at radius 3 is 2.47 bits per heavy atom. The molecular weight excluding hydrogens is 279 g/mol. The highest BCUT2D eigenvalue weighted by molar-refractivity contribution is 7.14. The van der Waals surface area contributed by atoms with Gasteiger partial charge in [-0.05, 0) is 0 Å². The molecule has 0 amide bonds. The highest BCUT2D eigenvalue weighted by atomic mass is 35.5. The molecule has 90 valence electrons. The number of imidazole rings is 1. The molecule has 0 unspecified atom stereocenters. The Morgan fingerprint density at radius 1 is 1.12 bits per heavy atom. The molecule has 3 aromatic rings. The molecule has 0 radical (unpaired) electrons. The minimum absolute atomic E-state index is 0. The molecular formula is C10H10Cl2N4S. The SMILES string of the molecule is Cl.Cl.Nc1c(-c2ccccc2)nc2scnn12. The summed E-state index contributed by atoms with van der Waals surface area (Å²) in [6.07, 6.45) is 0. The van der Waals surface area contributed by atoms with Crippen molar-refractivity contribution in [1.82, 2.24) is 14.6 Å². The van der Waals surface area contributed by atoms with Gasteiger partial charge >= 0.3 is 0 Å². The van der Waals surface area contributed by atoms with Crippen molar-refractivity contribution in [2.75, 3.05) is 5.73 Å². The van der Waals surface area contributed by atoms with Gasteiger partial charge in [-0.2, -0.15) is 9.61 Å². The van der Waals surface area contributed by atoms with E-state index in [9.17, 15) is 0 Å². The summed E-state index contributed by atoms with van der Waals surface area (Å²) in [5.74, 6) is 0.595. The van der Waals surface area contributed by atoms with E-state index in [1.54, 1.807) is 10.0 Å². The van der Waals surface area contributed by atoms with Crippen LogP contribution < -0.4 is 5.73 Å². The first-order valence-electron chi connectivity index (χ1n) is 4.49. The summed E-state index contributed by atoms with van der Waals surface area (Å²) in [7, 11) is 0. The van der Waals surface area contributed by atoms with Crippen LogP contribution in [0.25, 0.3) is 16.2 Å². The molecule has 0 saturated heterocycles. The maximum Gasteiger partial charge on any atom is 0.214 e. The third kappa shape index (κ3) is 2.22. The maximum atomic E-state index is 5.96. The Balaban J connectivity index is 0.000000722. The molecule has 0 atom stereocenters. The first-order valence-corrected chi connectivity index (χ1v) is 5.37. The zero-order chi connectivity index (χ0) is 10.3. The van der Waals surface area contributed by atoms with E-state index >= 15 is 0 Å². The number of nitrogen functional groups attached to an aromatic ring is 1. The number of nitrogens with zero attached hydrogens (tertiary/aromatic N) is 3. The van der Waals surface area contributed by atoms with Crippen LogP contribution in [0.3, 0.4) is 0 Å². The Labute approximate surface area is 114 Å². The molecule has 2 N–H and O–H groups in total. The number of hydrogen-bond donors (Lipinski definition) is 1. The Hall–Kier alpha value is -1.30. The van der Waals surface area contributed by atoms with Gasteiger partial charge in [-0.1, -0.05) is 41.7 Å². The van der Waals surface area contributed by atoms with Crippen molar-refractivity contribution in [3.05, 3.63) is 35.8 Å². The summed E-state index contributed by atoms with van der Waals surface area (Å²) in [5.41, 5.74) is 9.51. The predicted molar refractivity (Wildman–Crippen MR) is 75.2 cm³/mol. The average molecular weight is 289 g/mol. The molecule has 17 heavy (non-hydrogen) atoms. The molecule has 3 rings (SSSR count). The number of hydrogen-bond acceptors (Lipinski definition) is 4.